The van der Waals surface area contributed by atoms with Crippen LogP contribution in [0, 0.1) is 0 Å². The third-order valence-corrected chi connectivity index (χ3v) is 2.26. The van der Waals surface area contributed by atoms with Crippen molar-refractivity contribution in [2.45, 2.75) is 25.5 Å². The summed E-state index contributed by atoms with van der Waals surface area (Å²) >= 11 is 0. The molecular weight excluding hydrogens is 142 g/mol. The molecule has 0 amide bonds. The van der Waals surface area contributed by atoms with Crippen LogP contribution in [0.2, 0.25) is 0 Å². The van der Waals surface area contributed by atoms with E-state index >= 15 is 0 Å². The summed E-state index contributed by atoms with van der Waals surface area (Å²) in [5, 5.41) is 8.93. The van der Waals surface area contributed by atoms with Crippen molar-refractivity contribution in [3.63, 3.8) is 0 Å². The van der Waals surface area contributed by atoms with Crippen LogP contribution in [0.1, 0.15) is 13.3 Å². The third kappa shape index (κ3) is 2.15. The summed E-state index contributed by atoms with van der Waals surface area (Å²) in [4.78, 5) is 2.15. The van der Waals surface area contributed by atoms with Gasteiger partial charge in [0.2, 0.25) is 0 Å². The highest BCUT2D eigenvalue weighted by molar-refractivity contribution is 4.83. The highest BCUT2D eigenvalue weighted by Crippen LogP contribution is 2.17. The van der Waals surface area contributed by atoms with Gasteiger partial charge in [0.1, 0.15) is 0 Å². The van der Waals surface area contributed by atoms with Gasteiger partial charge in [-0.25, -0.2) is 0 Å². The molecule has 0 radical (unpaired) electrons. The number of likely N-dealkylation sites (tertiary alicyclic amines) is 1. The lowest BCUT2D eigenvalue weighted by atomic mass is 10.2. The van der Waals surface area contributed by atoms with E-state index in [1.54, 1.807) is 0 Å². The lowest BCUT2D eigenvalue weighted by Gasteiger charge is -2.14. The Morgan fingerprint density at radius 3 is 2.82 bits per heavy atom. The molecule has 0 bridgehead atoms. The van der Waals surface area contributed by atoms with Crippen molar-refractivity contribution in [1.29, 1.82) is 0 Å². The molecule has 0 aromatic rings. The quantitative estimate of drug-likeness (QED) is 0.633. The van der Waals surface area contributed by atoms with Gasteiger partial charge in [-0.2, -0.15) is 0 Å². The average molecular weight is 159 g/mol. The van der Waals surface area contributed by atoms with E-state index < -0.39 is 0 Å². The lowest BCUT2D eigenvalue weighted by molar-refractivity contribution is 0.0704. The molecule has 0 aliphatic carbocycles. The van der Waals surface area contributed by atoms with Gasteiger partial charge < -0.3 is 9.84 Å². The minimum Gasteiger partial charge on any atom is -0.395 e. The number of hydrogen-bond acceptors (Lipinski definition) is 3. The maximum absolute atomic E-state index is 8.93. The van der Waals surface area contributed by atoms with E-state index in [0.29, 0.717) is 12.1 Å². The molecule has 1 fully saturated rings. The van der Waals surface area contributed by atoms with Crippen LogP contribution in [0.15, 0.2) is 0 Å². The minimum atomic E-state index is 0.250. The van der Waals surface area contributed by atoms with Gasteiger partial charge in [0, 0.05) is 19.2 Å². The van der Waals surface area contributed by atoms with Crippen LogP contribution in [0.4, 0.5) is 0 Å². The Kier molecular flexibility index (Phi) is 3.30. The highest BCUT2D eigenvalue weighted by atomic mass is 16.5. The predicted octanol–water partition coefficient (Wildman–Crippen LogP) is 0.0879. The molecule has 3 nitrogen and oxygen atoms in total. The topological polar surface area (TPSA) is 32.7 Å². The molecule has 0 aromatic carbocycles. The monoisotopic (exact) mass is 159 g/mol. The lowest BCUT2D eigenvalue weighted by Crippen LogP contribution is -2.28. The van der Waals surface area contributed by atoms with Crippen LogP contribution in [-0.4, -0.2) is 49.0 Å². The SMILES string of the molecule is CCO[C@@H]1C[C@@H](CO)N(C)C1. The van der Waals surface area contributed by atoms with Crippen molar-refractivity contribution >= 4 is 0 Å². The number of aliphatic hydroxyl groups excluding tert-OH is 1. The Balaban J connectivity index is 2.30. The molecule has 66 valence electrons. The van der Waals surface area contributed by atoms with E-state index in [2.05, 4.69) is 4.90 Å². The molecule has 1 N–H and O–H groups in total. The molecule has 11 heavy (non-hydrogen) atoms. The molecule has 1 rings (SSSR count). The fraction of sp³-hybridized carbons (Fsp3) is 1.00. The summed E-state index contributed by atoms with van der Waals surface area (Å²) in [5.74, 6) is 0. The fourth-order valence-electron chi connectivity index (χ4n) is 1.60. The van der Waals surface area contributed by atoms with Crippen molar-refractivity contribution < 1.29 is 9.84 Å². The van der Waals surface area contributed by atoms with Crippen LogP contribution in [-0.2, 0) is 4.74 Å². The van der Waals surface area contributed by atoms with Gasteiger partial charge in [0.25, 0.3) is 0 Å². The molecule has 0 spiro atoms. The van der Waals surface area contributed by atoms with E-state index in [0.717, 1.165) is 19.6 Å². The predicted molar refractivity (Wildman–Crippen MR) is 43.5 cm³/mol. The summed E-state index contributed by atoms with van der Waals surface area (Å²) in [6.45, 7) is 3.99. The zero-order valence-electron chi connectivity index (χ0n) is 7.29. The van der Waals surface area contributed by atoms with Crippen LogP contribution < -0.4 is 0 Å². The number of nitrogens with zero attached hydrogens (tertiary/aromatic N) is 1. The molecular formula is C8H17NO2. The standard InChI is InChI=1S/C8H17NO2/c1-3-11-8-4-7(6-10)9(2)5-8/h7-8,10H,3-6H2,1-2H3/t7-,8+/m0/s1. The van der Waals surface area contributed by atoms with Gasteiger partial charge in [-0.15, -0.1) is 0 Å². The smallest absolute Gasteiger partial charge is 0.0717 e. The summed E-state index contributed by atoms with van der Waals surface area (Å²) in [6.07, 6.45) is 1.31. The molecule has 0 unspecified atom stereocenters. The number of ether oxygens (including phenoxy) is 1. The highest BCUT2D eigenvalue weighted by Gasteiger charge is 2.28. The number of hydrogen-bond donors (Lipinski definition) is 1. The second kappa shape index (κ2) is 4.04. The average Bonchev–Trinajstić information content (AvgIpc) is 2.32. The summed E-state index contributed by atoms with van der Waals surface area (Å²) in [5.41, 5.74) is 0. The number of aliphatic hydroxyl groups is 1. The van der Waals surface area contributed by atoms with Gasteiger partial charge in [-0.3, -0.25) is 4.90 Å². The second-order valence-electron chi connectivity index (χ2n) is 3.09. The molecule has 1 saturated heterocycles. The first-order valence-corrected chi connectivity index (χ1v) is 4.20. The first-order chi connectivity index (χ1) is 5.27. The zero-order valence-corrected chi connectivity index (χ0v) is 7.29. The zero-order chi connectivity index (χ0) is 8.27. The number of likely N-dealkylation sites (N-methyl/N-ethyl adjacent to an activating group) is 1. The van der Waals surface area contributed by atoms with Crippen molar-refractivity contribution in [2.75, 3.05) is 26.8 Å². The summed E-state index contributed by atoms with van der Waals surface area (Å²) in [6, 6.07) is 0.312. The Morgan fingerprint density at radius 1 is 1.64 bits per heavy atom. The van der Waals surface area contributed by atoms with E-state index in [1.165, 1.54) is 0 Å². The first kappa shape index (κ1) is 8.97. The van der Waals surface area contributed by atoms with Crippen molar-refractivity contribution in [3.05, 3.63) is 0 Å². The van der Waals surface area contributed by atoms with Crippen molar-refractivity contribution in [3.8, 4) is 0 Å². The van der Waals surface area contributed by atoms with Crippen LogP contribution in [0.25, 0.3) is 0 Å². The molecule has 1 aliphatic heterocycles. The van der Waals surface area contributed by atoms with Gasteiger partial charge in [0.15, 0.2) is 0 Å². The van der Waals surface area contributed by atoms with Gasteiger partial charge in [-0.1, -0.05) is 0 Å². The van der Waals surface area contributed by atoms with Gasteiger partial charge in [-0.05, 0) is 20.4 Å². The Morgan fingerprint density at radius 2 is 2.36 bits per heavy atom. The molecule has 1 aliphatic rings. The third-order valence-electron chi connectivity index (χ3n) is 2.26. The van der Waals surface area contributed by atoms with E-state index in [1.807, 2.05) is 14.0 Å². The van der Waals surface area contributed by atoms with E-state index in [-0.39, 0.29) is 6.61 Å². The Labute approximate surface area is 68.0 Å². The molecule has 3 heteroatoms. The largest absolute Gasteiger partial charge is 0.395 e. The fourth-order valence-corrected chi connectivity index (χ4v) is 1.60. The maximum atomic E-state index is 8.93. The summed E-state index contributed by atoms with van der Waals surface area (Å²) in [7, 11) is 2.03. The van der Waals surface area contributed by atoms with Crippen molar-refractivity contribution in [1.82, 2.24) is 4.90 Å². The molecule has 2 atom stereocenters. The van der Waals surface area contributed by atoms with Gasteiger partial charge >= 0.3 is 0 Å². The minimum absolute atomic E-state index is 0.250. The molecule has 0 aromatic heterocycles. The van der Waals surface area contributed by atoms with E-state index in [9.17, 15) is 0 Å². The van der Waals surface area contributed by atoms with Crippen LogP contribution in [0.5, 0.6) is 0 Å². The number of rotatable bonds is 3. The summed E-state index contributed by atoms with van der Waals surface area (Å²) < 4.78 is 5.45. The Bertz CT molecular complexity index is 119. The van der Waals surface area contributed by atoms with Crippen LogP contribution >= 0.6 is 0 Å². The van der Waals surface area contributed by atoms with Crippen LogP contribution in [0.3, 0.4) is 0 Å². The normalized spacial score (nSPS) is 33.0. The van der Waals surface area contributed by atoms with E-state index in [4.69, 9.17) is 9.84 Å². The molecule has 0 saturated carbocycles. The van der Waals surface area contributed by atoms with Gasteiger partial charge in [0.05, 0.1) is 12.7 Å². The maximum Gasteiger partial charge on any atom is 0.0717 e. The Hall–Kier alpha value is -0.120. The molecule has 1 heterocycles. The second-order valence-corrected chi connectivity index (χ2v) is 3.09. The van der Waals surface area contributed by atoms with Crippen molar-refractivity contribution in [2.24, 2.45) is 0 Å². The first-order valence-electron chi connectivity index (χ1n) is 4.20.